The molecular weight excluding hydrogens is 456 g/mol. The molecule has 7 heteroatoms. The fourth-order valence-corrected chi connectivity index (χ4v) is 4.36. The highest BCUT2D eigenvalue weighted by Crippen LogP contribution is 2.27. The summed E-state index contributed by atoms with van der Waals surface area (Å²) >= 11 is 0. The lowest BCUT2D eigenvalue weighted by Gasteiger charge is -2.37. The van der Waals surface area contributed by atoms with Crippen molar-refractivity contribution in [2.24, 2.45) is 0 Å². The Morgan fingerprint density at radius 1 is 0.706 bits per heavy atom. The predicted molar refractivity (Wildman–Crippen MR) is 136 cm³/mol. The van der Waals surface area contributed by atoms with E-state index in [1.165, 1.54) is 24.3 Å². The van der Waals surface area contributed by atoms with E-state index in [0.29, 0.717) is 13.1 Å². The first-order chi connectivity index (χ1) is 16.1. The topological polar surface area (TPSA) is 38.7 Å². The molecule has 1 fully saturated rings. The van der Waals surface area contributed by atoms with Gasteiger partial charge in [0, 0.05) is 57.4 Å². The van der Waals surface area contributed by atoms with E-state index in [9.17, 15) is 13.9 Å². The molecule has 2 N–H and O–H groups in total. The number of hydrogen-bond acceptors (Lipinski definition) is 4. The molecule has 4 nitrogen and oxygen atoms in total. The van der Waals surface area contributed by atoms with E-state index in [2.05, 4.69) is 15.1 Å². The minimum Gasteiger partial charge on any atom is -0.390 e. The van der Waals surface area contributed by atoms with Crippen LogP contribution in [0.15, 0.2) is 78.9 Å². The summed E-state index contributed by atoms with van der Waals surface area (Å²) in [5.74, 6) is -0.477. The van der Waals surface area contributed by atoms with Gasteiger partial charge in [0.05, 0.1) is 6.10 Å². The minimum absolute atomic E-state index is 0. The number of rotatable bonds is 9. The molecule has 34 heavy (non-hydrogen) atoms. The van der Waals surface area contributed by atoms with Crippen molar-refractivity contribution >= 4 is 18.1 Å². The molecule has 0 amide bonds. The molecule has 0 radical (unpaired) electrons. The largest absolute Gasteiger partial charge is 0.390 e. The fraction of sp³-hybridized carbons (Fsp3) is 0.333. The predicted octanol–water partition coefficient (Wildman–Crippen LogP) is 4.61. The molecule has 1 atom stereocenters. The number of piperazine rings is 1. The number of aliphatic hydroxyl groups is 1. The maximum Gasteiger partial charge on any atom is 0.123 e. The van der Waals surface area contributed by atoms with Crippen molar-refractivity contribution in [2.45, 2.75) is 12.0 Å². The number of anilines is 1. The zero-order valence-electron chi connectivity index (χ0n) is 19.1. The van der Waals surface area contributed by atoms with Gasteiger partial charge in [-0.1, -0.05) is 42.5 Å². The maximum atomic E-state index is 13.5. The number of nitrogens with zero attached hydrogens (tertiary/aromatic N) is 2. The van der Waals surface area contributed by atoms with E-state index < -0.39 is 6.10 Å². The van der Waals surface area contributed by atoms with Gasteiger partial charge in [-0.15, -0.1) is 12.4 Å². The van der Waals surface area contributed by atoms with Gasteiger partial charge < -0.3 is 10.4 Å². The van der Waals surface area contributed by atoms with Gasteiger partial charge in [-0.3, -0.25) is 9.80 Å². The van der Waals surface area contributed by atoms with Crippen LogP contribution in [0.5, 0.6) is 0 Å². The molecule has 3 aromatic carbocycles. The van der Waals surface area contributed by atoms with Crippen LogP contribution in [0.2, 0.25) is 0 Å². The quantitative estimate of drug-likeness (QED) is 0.462. The van der Waals surface area contributed by atoms with Crippen LogP contribution in [0.4, 0.5) is 14.5 Å². The van der Waals surface area contributed by atoms with Crippen LogP contribution in [-0.2, 0) is 0 Å². The molecule has 1 aliphatic rings. The van der Waals surface area contributed by atoms with Crippen LogP contribution < -0.4 is 5.32 Å². The number of hydrogen-bond donors (Lipinski definition) is 2. The summed E-state index contributed by atoms with van der Waals surface area (Å²) in [6.45, 7) is 5.46. The van der Waals surface area contributed by atoms with Crippen LogP contribution in [0.1, 0.15) is 17.0 Å². The van der Waals surface area contributed by atoms with Crippen molar-refractivity contribution < 1.29 is 13.9 Å². The number of benzene rings is 3. The van der Waals surface area contributed by atoms with E-state index in [1.54, 1.807) is 0 Å². The molecule has 0 aliphatic carbocycles. The molecule has 1 heterocycles. The van der Waals surface area contributed by atoms with Gasteiger partial charge in [0.2, 0.25) is 0 Å². The monoisotopic (exact) mass is 487 g/mol. The molecule has 182 valence electrons. The summed E-state index contributed by atoms with van der Waals surface area (Å²) in [4.78, 5) is 4.68. The summed E-state index contributed by atoms with van der Waals surface area (Å²) in [5, 5.41) is 13.7. The highest BCUT2D eigenvalue weighted by Gasteiger charge is 2.23. The molecule has 0 saturated carbocycles. The SMILES string of the molecule is Cl.OC(CNc1ccccc1)CN1CCN(CC(c2ccc(F)cc2)c2ccc(F)cc2)CC1. The van der Waals surface area contributed by atoms with Gasteiger partial charge in [-0.05, 0) is 47.5 Å². The van der Waals surface area contributed by atoms with Crippen LogP contribution in [-0.4, -0.2) is 66.8 Å². The van der Waals surface area contributed by atoms with Gasteiger partial charge in [-0.2, -0.15) is 0 Å². The smallest absolute Gasteiger partial charge is 0.123 e. The molecule has 1 saturated heterocycles. The molecule has 4 rings (SSSR count). The van der Waals surface area contributed by atoms with Crippen molar-refractivity contribution in [3.05, 3.63) is 102 Å². The molecule has 0 spiro atoms. The lowest BCUT2D eigenvalue weighted by Crippen LogP contribution is -2.50. The fourth-order valence-electron chi connectivity index (χ4n) is 4.36. The van der Waals surface area contributed by atoms with Gasteiger partial charge in [0.25, 0.3) is 0 Å². The number of aliphatic hydroxyl groups excluding tert-OH is 1. The van der Waals surface area contributed by atoms with Crippen LogP contribution in [0.25, 0.3) is 0 Å². The zero-order chi connectivity index (χ0) is 23.0. The lowest BCUT2D eigenvalue weighted by molar-refractivity contribution is 0.0771. The Labute approximate surface area is 206 Å². The van der Waals surface area contributed by atoms with Crippen molar-refractivity contribution in [2.75, 3.05) is 51.1 Å². The first kappa shape index (κ1) is 26.1. The first-order valence-electron chi connectivity index (χ1n) is 11.5. The zero-order valence-corrected chi connectivity index (χ0v) is 19.9. The molecular formula is C27H32ClF2N3O. The van der Waals surface area contributed by atoms with Crippen molar-refractivity contribution in [3.63, 3.8) is 0 Å². The minimum atomic E-state index is -0.442. The third kappa shape index (κ3) is 7.50. The molecule has 1 unspecified atom stereocenters. The van der Waals surface area contributed by atoms with Gasteiger partial charge in [0.1, 0.15) is 11.6 Å². The summed E-state index contributed by atoms with van der Waals surface area (Å²) in [6.07, 6.45) is -0.442. The van der Waals surface area contributed by atoms with E-state index in [4.69, 9.17) is 0 Å². The van der Waals surface area contributed by atoms with Crippen molar-refractivity contribution in [3.8, 4) is 0 Å². The number of β-amino-alcohol motifs (C(OH)–C–C–N with tert-alkyl or cyclic N) is 1. The average Bonchev–Trinajstić information content (AvgIpc) is 2.84. The summed E-state index contributed by atoms with van der Waals surface area (Å²) in [6, 6.07) is 23.1. The Morgan fingerprint density at radius 3 is 1.68 bits per heavy atom. The van der Waals surface area contributed by atoms with Gasteiger partial charge >= 0.3 is 0 Å². The van der Waals surface area contributed by atoms with Gasteiger partial charge in [-0.25, -0.2) is 8.78 Å². The highest BCUT2D eigenvalue weighted by atomic mass is 35.5. The summed E-state index contributed by atoms with van der Waals surface area (Å²) < 4.78 is 26.9. The number of nitrogens with one attached hydrogen (secondary N) is 1. The standard InChI is InChI=1S/C27H31F2N3O.ClH/c28-23-10-6-21(7-11-23)27(22-8-12-24(29)13-9-22)20-32-16-14-31(15-17-32)19-26(33)18-30-25-4-2-1-3-5-25;/h1-13,26-27,30,33H,14-20H2;1H. The van der Waals surface area contributed by atoms with Crippen LogP contribution >= 0.6 is 12.4 Å². The Kier molecular flexibility index (Phi) is 9.84. The highest BCUT2D eigenvalue weighted by molar-refractivity contribution is 5.85. The summed E-state index contributed by atoms with van der Waals surface area (Å²) in [7, 11) is 0. The van der Waals surface area contributed by atoms with E-state index >= 15 is 0 Å². The number of para-hydroxylation sites is 1. The van der Waals surface area contributed by atoms with Crippen molar-refractivity contribution in [1.82, 2.24) is 9.80 Å². The maximum absolute atomic E-state index is 13.5. The molecule has 0 aromatic heterocycles. The normalized spacial score (nSPS) is 15.6. The second-order valence-electron chi connectivity index (χ2n) is 8.66. The molecule has 1 aliphatic heterocycles. The lowest BCUT2D eigenvalue weighted by atomic mass is 9.90. The van der Waals surface area contributed by atoms with Crippen molar-refractivity contribution in [1.29, 1.82) is 0 Å². The molecule has 3 aromatic rings. The summed E-state index contributed by atoms with van der Waals surface area (Å²) in [5.41, 5.74) is 3.05. The first-order valence-corrected chi connectivity index (χ1v) is 11.5. The van der Waals surface area contributed by atoms with E-state index in [0.717, 1.165) is 49.5 Å². The Morgan fingerprint density at radius 2 is 1.18 bits per heavy atom. The second-order valence-corrected chi connectivity index (χ2v) is 8.66. The van der Waals surface area contributed by atoms with E-state index in [-0.39, 0.29) is 30.0 Å². The third-order valence-corrected chi connectivity index (χ3v) is 6.23. The van der Waals surface area contributed by atoms with Crippen LogP contribution in [0.3, 0.4) is 0 Å². The van der Waals surface area contributed by atoms with E-state index in [1.807, 2.05) is 54.6 Å². The van der Waals surface area contributed by atoms with Crippen LogP contribution in [0, 0.1) is 11.6 Å². The number of halogens is 3. The Hall–Kier alpha value is -2.51. The third-order valence-electron chi connectivity index (χ3n) is 6.23. The Bertz CT molecular complexity index is 936. The average molecular weight is 488 g/mol. The Balaban J connectivity index is 0.00000324. The second kappa shape index (κ2) is 12.8. The molecule has 0 bridgehead atoms. The van der Waals surface area contributed by atoms with Gasteiger partial charge in [0.15, 0.2) is 0 Å².